The molecular weight excluding hydrogens is 901 g/mol. The molecule has 0 unspecified atom stereocenters. The first-order chi connectivity index (χ1) is 36.0. The van der Waals surface area contributed by atoms with Crippen molar-refractivity contribution in [2.45, 2.75) is 284 Å². The molecule has 0 rings (SSSR count). The minimum Gasteiger partial charge on any atom is -0.462 e. The number of carbonyl (C=O) groups is 3. The van der Waals surface area contributed by atoms with E-state index in [0.29, 0.717) is 19.3 Å². The van der Waals surface area contributed by atoms with Crippen LogP contribution in [0.4, 0.5) is 0 Å². The van der Waals surface area contributed by atoms with Crippen molar-refractivity contribution in [3.63, 3.8) is 0 Å². The largest absolute Gasteiger partial charge is 0.462 e. The summed E-state index contributed by atoms with van der Waals surface area (Å²) in [6.45, 7) is 6.46. The smallest absolute Gasteiger partial charge is 0.306 e. The van der Waals surface area contributed by atoms with Gasteiger partial charge in [-0.1, -0.05) is 239 Å². The van der Waals surface area contributed by atoms with E-state index < -0.39 is 6.10 Å². The molecule has 0 aliphatic rings. The molecule has 6 nitrogen and oxygen atoms in total. The lowest BCUT2D eigenvalue weighted by molar-refractivity contribution is -0.167. The number of ether oxygens (including phenoxy) is 3. The molecule has 0 radical (unpaired) electrons. The molecule has 0 aromatic rings. The molecule has 0 aromatic heterocycles. The third-order valence-electron chi connectivity index (χ3n) is 12.7. The minimum atomic E-state index is -0.805. The number of esters is 3. The number of allylic oxidation sites excluding steroid dienone is 18. The fourth-order valence-electron chi connectivity index (χ4n) is 8.18. The molecule has 1 atom stereocenters. The molecule has 0 aliphatic carbocycles. The van der Waals surface area contributed by atoms with Crippen LogP contribution < -0.4 is 0 Å². The number of hydrogen-bond donors (Lipinski definition) is 0. The van der Waals surface area contributed by atoms with Gasteiger partial charge in [0.2, 0.25) is 0 Å². The highest BCUT2D eigenvalue weighted by atomic mass is 16.6. The highest BCUT2D eigenvalue weighted by Gasteiger charge is 2.19. The highest BCUT2D eigenvalue weighted by molar-refractivity contribution is 5.71. The van der Waals surface area contributed by atoms with Crippen molar-refractivity contribution in [3.8, 4) is 0 Å². The maximum Gasteiger partial charge on any atom is 0.306 e. The summed E-state index contributed by atoms with van der Waals surface area (Å²) in [6.07, 6.45) is 82.2. The van der Waals surface area contributed by atoms with E-state index in [1.165, 1.54) is 116 Å². The lowest BCUT2D eigenvalue weighted by Gasteiger charge is -2.18. The number of rotatable bonds is 54. The number of unbranched alkanes of at least 4 members (excludes halogenated alkanes) is 25. The molecule has 0 spiro atoms. The van der Waals surface area contributed by atoms with Crippen molar-refractivity contribution in [1.29, 1.82) is 0 Å². The van der Waals surface area contributed by atoms with Crippen LogP contribution in [-0.2, 0) is 28.6 Å². The monoisotopic (exact) mass is 1010 g/mol. The molecule has 0 amide bonds. The van der Waals surface area contributed by atoms with Crippen LogP contribution in [0.1, 0.15) is 278 Å². The Kier molecular flexibility index (Phi) is 57.4. The Hall–Kier alpha value is -3.93. The van der Waals surface area contributed by atoms with E-state index >= 15 is 0 Å². The highest BCUT2D eigenvalue weighted by Crippen LogP contribution is 2.15. The predicted molar refractivity (Wildman–Crippen MR) is 316 cm³/mol. The summed E-state index contributed by atoms with van der Waals surface area (Å²) in [6, 6.07) is 0. The third kappa shape index (κ3) is 58.8. The zero-order valence-corrected chi connectivity index (χ0v) is 47.6. The van der Waals surface area contributed by atoms with Crippen molar-refractivity contribution in [3.05, 3.63) is 109 Å². The van der Waals surface area contributed by atoms with Gasteiger partial charge in [-0.3, -0.25) is 14.4 Å². The molecule has 0 fully saturated rings. The molecular formula is C67H112O6. The fraction of sp³-hybridized carbons (Fsp3) is 0.687. The van der Waals surface area contributed by atoms with Crippen LogP contribution >= 0.6 is 0 Å². The topological polar surface area (TPSA) is 78.9 Å². The van der Waals surface area contributed by atoms with Crippen LogP contribution in [0, 0.1) is 0 Å². The van der Waals surface area contributed by atoms with Crippen molar-refractivity contribution in [1.82, 2.24) is 0 Å². The van der Waals surface area contributed by atoms with Gasteiger partial charge >= 0.3 is 17.9 Å². The van der Waals surface area contributed by atoms with E-state index in [1.807, 2.05) is 0 Å². The Morgan fingerprint density at radius 1 is 0.288 bits per heavy atom. The van der Waals surface area contributed by atoms with Crippen LogP contribution in [-0.4, -0.2) is 37.2 Å². The molecule has 0 N–H and O–H groups in total. The molecule has 0 bridgehead atoms. The summed E-state index contributed by atoms with van der Waals surface area (Å²) in [5.74, 6) is -0.952. The van der Waals surface area contributed by atoms with Crippen molar-refractivity contribution in [2.24, 2.45) is 0 Å². The zero-order chi connectivity index (χ0) is 52.9. The molecule has 0 saturated heterocycles. The zero-order valence-electron chi connectivity index (χ0n) is 47.6. The lowest BCUT2D eigenvalue weighted by Crippen LogP contribution is -2.30. The second-order valence-corrected chi connectivity index (χ2v) is 19.9. The SMILES string of the molecule is CC/C=C\C/C=C\C/C=C\C/C=C\C/C=C\CCCCCC(=O)OC[C@@H](COC(=O)CCCCCC/C=C\C/C=C\C/C=C\CCCCC)OC(=O)CCCCCCCCCCC/C=C\CCCCCCCC. The molecule has 0 aromatic carbocycles. The average molecular weight is 1010 g/mol. The molecule has 6 heteroatoms. The lowest BCUT2D eigenvalue weighted by atomic mass is 10.1. The standard InChI is InChI=1S/C67H112O6/c1-4-7-10-13-16-19-22-25-28-31-33-36-39-42-45-48-51-54-57-60-66(69)72-63-64(62-71-65(68)59-56-53-50-47-44-41-38-35-30-27-24-21-18-15-12-9-6-3)73-67(70)61-58-55-52-49-46-43-40-37-34-32-29-26-23-20-17-14-11-8-5-2/h7,10,16,18-19,21,25-30,33,36,38,41-42,45,64H,4-6,8-9,11-15,17,20,22-24,31-32,34-35,37,39-40,43-44,46-63H2,1-3H3/b10-7-,19-16-,21-18-,28-25-,29-26-,30-27-,36-33-,41-38-,45-42-/t64-/m1/s1. The van der Waals surface area contributed by atoms with Crippen LogP contribution in [0.5, 0.6) is 0 Å². The van der Waals surface area contributed by atoms with Gasteiger partial charge in [0.05, 0.1) is 0 Å². The summed E-state index contributed by atoms with van der Waals surface area (Å²) < 4.78 is 16.9. The summed E-state index contributed by atoms with van der Waals surface area (Å²) in [4.78, 5) is 38.3. The van der Waals surface area contributed by atoms with Crippen LogP contribution in [0.2, 0.25) is 0 Å². The first kappa shape index (κ1) is 69.1. The summed E-state index contributed by atoms with van der Waals surface area (Å²) in [7, 11) is 0. The minimum absolute atomic E-state index is 0.102. The molecule has 0 saturated carbocycles. The van der Waals surface area contributed by atoms with Gasteiger partial charge in [0.1, 0.15) is 13.2 Å². The summed E-state index contributed by atoms with van der Waals surface area (Å²) >= 11 is 0. The quantitative estimate of drug-likeness (QED) is 0.0261. The van der Waals surface area contributed by atoms with E-state index in [9.17, 15) is 14.4 Å². The Balaban J connectivity index is 4.49. The Bertz CT molecular complexity index is 1490. The van der Waals surface area contributed by atoms with Crippen LogP contribution in [0.15, 0.2) is 109 Å². The summed E-state index contributed by atoms with van der Waals surface area (Å²) in [5.41, 5.74) is 0. The van der Waals surface area contributed by atoms with Crippen molar-refractivity contribution < 1.29 is 28.6 Å². The van der Waals surface area contributed by atoms with E-state index in [-0.39, 0.29) is 31.1 Å². The van der Waals surface area contributed by atoms with E-state index in [2.05, 4.69) is 130 Å². The van der Waals surface area contributed by atoms with E-state index in [4.69, 9.17) is 14.2 Å². The van der Waals surface area contributed by atoms with Gasteiger partial charge in [0.15, 0.2) is 6.10 Å². The van der Waals surface area contributed by atoms with Crippen LogP contribution in [0.25, 0.3) is 0 Å². The fourth-order valence-corrected chi connectivity index (χ4v) is 8.18. The van der Waals surface area contributed by atoms with E-state index in [0.717, 1.165) is 122 Å². The Morgan fingerprint density at radius 3 is 0.890 bits per heavy atom. The Morgan fingerprint density at radius 2 is 0.534 bits per heavy atom. The van der Waals surface area contributed by atoms with Gasteiger partial charge in [-0.05, 0) is 128 Å². The van der Waals surface area contributed by atoms with Gasteiger partial charge in [-0.15, -0.1) is 0 Å². The first-order valence-corrected chi connectivity index (χ1v) is 30.4. The van der Waals surface area contributed by atoms with Crippen LogP contribution in [0.3, 0.4) is 0 Å². The Labute approximate surface area is 450 Å². The van der Waals surface area contributed by atoms with Crippen molar-refractivity contribution in [2.75, 3.05) is 13.2 Å². The van der Waals surface area contributed by atoms with Crippen molar-refractivity contribution >= 4 is 17.9 Å². The summed E-state index contributed by atoms with van der Waals surface area (Å²) in [5, 5.41) is 0. The van der Waals surface area contributed by atoms with Gasteiger partial charge in [0, 0.05) is 19.3 Å². The van der Waals surface area contributed by atoms with E-state index in [1.54, 1.807) is 0 Å². The average Bonchev–Trinajstić information content (AvgIpc) is 3.39. The molecule has 73 heavy (non-hydrogen) atoms. The normalized spacial score (nSPS) is 12.9. The number of carbonyl (C=O) groups excluding carboxylic acids is 3. The second-order valence-electron chi connectivity index (χ2n) is 19.9. The first-order valence-electron chi connectivity index (χ1n) is 30.4. The maximum atomic E-state index is 12.9. The molecule has 0 aliphatic heterocycles. The van der Waals surface area contributed by atoms with Gasteiger partial charge < -0.3 is 14.2 Å². The maximum absolute atomic E-state index is 12.9. The van der Waals surface area contributed by atoms with Gasteiger partial charge in [-0.2, -0.15) is 0 Å². The predicted octanol–water partition coefficient (Wildman–Crippen LogP) is 20.7. The molecule has 0 heterocycles. The van der Waals surface area contributed by atoms with Gasteiger partial charge in [0.25, 0.3) is 0 Å². The second kappa shape index (κ2) is 60.6. The molecule has 416 valence electrons. The number of hydrogen-bond acceptors (Lipinski definition) is 6. The third-order valence-corrected chi connectivity index (χ3v) is 12.7. The van der Waals surface area contributed by atoms with Gasteiger partial charge in [-0.25, -0.2) is 0 Å².